The maximum atomic E-state index is 8.42. The molecule has 1 heterocycles. The Hall–Kier alpha value is -0.880. The van der Waals surface area contributed by atoms with Crippen LogP contribution in [0.3, 0.4) is 0 Å². The summed E-state index contributed by atoms with van der Waals surface area (Å²) in [5.74, 6) is 0. The molecular formula is C10H14N2S. The topological polar surface area (TPSA) is 36.7 Å². The van der Waals surface area contributed by atoms with E-state index in [2.05, 4.69) is 37.2 Å². The second-order valence-corrected chi connectivity index (χ2v) is 4.91. The van der Waals surface area contributed by atoms with Crippen LogP contribution < -0.4 is 0 Å². The molecule has 0 bridgehead atoms. The molecule has 0 amide bonds. The van der Waals surface area contributed by atoms with Crippen LogP contribution in [0.2, 0.25) is 0 Å². The Bertz CT molecular complexity index is 314. The summed E-state index contributed by atoms with van der Waals surface area (Å²) in [6.45, 7) is 6.46. The van der Waals surface area contributed by atoms with Crippen molar-refractivity contribution in [1.29, 1.82) is 5.26 Å². The summed E-state index contributed by atoms with van der Waals surface area (Å²) in [4.78, 5) is 4.49. The van der Waals surface area contributed by atoms with E-state index in [9.17, 15) is 0 Å². The van der Waals surface area contributed by atoms with E-state index in [1.54, 1.807) is 11.3 Å². The van der Waals surface area contributed by atoms with Gasteiger partial charge < -0.3 is 0 Å². The van der Waals surface area contributed by atoms with Gasteiger partial charge in [-0.3, -0.25) is 0 Å². The molecule has 2 nitrogen and oxygen atoms in total. The monoisotopic (exact) mass is 194 g/mol. The van der Waals surface area contributed by atoms with Crippen LogP contribution in [0.1, 0.15) is 37.9 Å². The van der Waals surface area contributed by atoms with Crippen LogP contribution in [0, 0.1) is 11.3 Å². The summed E-state index contributed by atoms with van der Waals surface area (Å²) in [7, 11) is 0. The van der Waals surface area contributed by atoms with Gasteiger partial charge in [-0.05, 0) is 0 Å². The third-order valence-corrected chi connectivity index (χ3v) is 3.00. The van der Waals surface area contributed by atoms with Gasteiger partial charge >= 0.3 is 0 Å². The number of hydrogen-bond donors (Lipinski definition) is 0. The van der Waals surface area contributed by atoms with Gasteiger partial charge in [-0.15, -0.1) is 11.3 Å². The molecule has 1 rings (SSSR count). The predicted octanol–water partition coefficient (Wildman–Crippen LogP) is 2.90. The number of nitrogens with zero attached hydrogens (tertiary/aromatic N) is 2. The highest BCUT2D eigenvalue weighted by molar-refractivity contribution is 7.09. The van der Waals surface area contributed by atoms with Crippen LogP contribution in [0.25, 0.3) is 0 Å². The molecule has 0 fully saturated rings. The highest BCUT2D eigenvalue weighted by Gasteiger charge is 2.17. The average Bonchev–Trinajstić information content (AvgIpc) is 2.47. The Labute approximate surface area is 83.2 Å². The minimum absolute atomic E-state index is 0.134. The molecule has 3 heteroatoms. The highest BCUT2D eigenvalue weighted by Crippen LogP contribution is 2.25. The van der Waals surface area contributed by atoms with Crippen molar-refractivity contribution in [2.45, 2.75) is 39.0 Å². The van der Waals surface area contributed by atoms with E-state index in [0.29, 0.717) is 6.42 Å². The molecule has 0 spiro atoms. The minimum atomic E-state index is 0.134. The van der Waals surface area contributed by atoms with Gasteiger partial charge in [0.25, 0.3) is 0 Å². The van der Waals surface area contributed by atoms with Crippen molar-refractivity contribution in [2.75, 3.05) is 0 Å². The highest BCUT2D eigenvalue weighted by atomic mass is 32.1. The zero-order valence-electron chi connectivity index (χ0n) is 8.29. The quantitative estimate of drug-likeness (QED) is 0.725. The number of aryl methyl sites for hydroxylation is 1. The zero-order chi connectivity index (χ0) is 9.90. The average molecular weight is 194 g/mol. The maximum absolute atomic E-state index is 8.42. The lowest BCUT2D eigenvalue weighted by atomic mass is 9.98. The van der Waals surface area contributed by atoms with E-state index < -0.39 is 0 Å². The van der Waals surface area contributed by atoms with Crippen LogP contribution in [-0.2, 0) is 11.8 Å². The summed E-state index contributed by atoms with van der Waals surface area (Å²) in [6, 6.07) is 2.13. The van der Waals surface area contributed by atoms with Crippen molar-refractivity contribution < 1.29 is 0 Å². The van der Waals surface area contributed by atoms with Gasteiger partial charge in [0.2, 0.25) is 0 Å². The van der Waals surface area contributed by atoms with Crippen molar-refractivity contribution >= 4 is 11.3 Å². The Morgan fingerprint density at radius 2 is 2.23 bits per heavy atom. The van der Waals surface area contributed by atoms with E-state index in [4.69, 9.17) is 5.26 Å². The number of rotatable bonds is 2. The third-order valence-electron chi connectivity index (χ3n) is 1.69. The largest absolute Gasteiger partial charge is 0.246 e. The lowest BCUT2D eigenvalue weighted by molar-refractivity contribution is 0.583. The molecule has 0 aromatic carbocycles. The van der Waals surface area contributed by atoms with Gasteiger partial charge in [-0.25, -0.2) is 4.98 Å². The lowest BCUT2D eigenvalue weighted by Crippen LogP contribution is -2.10. The van der Waals surface area contributed by atoms with E-state index in [1.165, 1.54) is 0 Å². The smallest absolute Gasteiger partial charge is 0.0981 e. The van der Waals surface area contributed by atoms with E-state index >= 15 is 0 Å². The molecule has 13 heavy (non-hydrogen) atoms. The summed E-state index contributed by atoms with van der Waals surface area (Å²) >= 11 is 1.69. The van der Waals surface area contributed by atoms with Crippen LogP contribution in [0.15, 0.2) is 5.38 Å². The van der Waals surface area contributed by atoms with Crippen molar-refractivity contribution in [3.63, 3.8) is 0 Å². The third kappa shape index (κ3) is 2.82. The van der Waals surface area contributed by atoms with Gasteiger partial charge in [0.15, 0.2) is 0 Å². The normalized spacial score (nSPS) is 11.2. The number of hydrogen-bond acceptors (Lipinski definition) is 3. The van der Waals surface area contributed by atoms with Crippen LogP contribution in [-0.4, -0.2) is 4.98 Å². The van der Waals surface area contributed by atoms with Gasteiger partial charge in [-0.1, -0.05) is 20.8 Å². The molecule has 0 saturated heterocycles. The zero-order valence-corrected chi connectivity index (χ0v) is 9.11. The van der Waals surface area contributed by atoms with Gasteiger partial charge in [0.1, 0.15) is 0 Å². The van der Waals surface area contributed by atoms with Gasteiger partial charge in [-0.2, -0.15) is 5.26 Å². The van der Waals surface area contributed by atoms with Crippen LogP contribution in [0.4, 0.5) is 0 Å². The molecule has 0 N–H and O–H groups in total. The van der Waals surface area contributed by atoms with Crippen molar-refractivity contribution in [3.05, 3.63) is 16.1 Å². The van der Waals surface area contributed by atoms with Gasteiger partial charge in [0.05, 0.1) is 16.8 Å². The standard InChI is InChI=1S/C10H14N2S/c1-10(2,3)9-12-8(7-13-9)5-4-6-11/h7H,4-5H2,1-3H3. The Morgan fingerprint density at radius 3 is 2.69 bits per heavy atom. The fraction of sp³-hybridized carbons (Fsp3) is 0.600. The van der Waals surface area contributed by atoms with Crippen molar-refractivity contribution in [3.8, 4) is 6.07 Å². The number of thiazole rings is 1. The van der Waals surface area contributed by atoms with Crippen molar-refractivity contribution in [1.82, 2.24) is 4.98 Å². The summed E-state index contributed by atoms with van der Waals surface area (Å²) in [5, 5.41) is 11.6. The first kappa shape index (κ1) is 10.2. The first-order valence-corrected chi connectivity index (χ1v) is 5.24. The Balaban J connectivity index is 2.71. The minimum Gasteiger partial charge on any atom is -0.246 e. The van der Waals surface area contributed by atoms with Crippen LogP contribution in [0.5, 0.6) is 0 Å². The molecule has 1 aromatic heterocycles. The molecule has 0 saturated carbocycles. The fourth-order valence-electron chi connectivity index (χ4n) is 0.950. The Kier molecular flexibility index (Phi) is 3.05. The molecule has 0 atom stereocenters. The lowest BCUT2D eigenvalue weighted by Gasteiger charge is -2.13. The summed E-state index contributed by atoms with van der Waals surface area (Å²) in [6.07, 6.45) is 1.34. The summed E-state index contributed by atoms with van der Waals surface area (Å²) in [5.41, 5.74) is 1.19. The molecule has 0 unspecified atom stereocenters. The van der Waals surface area contributed by atoms with E-state index in [0.717, 1.165) is 17.1 Å². The molecule has 70 valence electrons. The maximum Gasteiger partial charge on any atom is 0.0981 e. The molecule has 0 radical (unpaired) electrons. The number of nitriles is 1. The molecule has 0 aliphatic rings. The molecule has 1 aromatic rings. The van der Waals surface area contributed by atoms with Crippen molar-refractivity contribution in [2.24, 2.45) is 0 Å². The molecule has 0 aliphatic carbocycles. The van der Waals surface area contributed by atoms with E-state index in [-0.39, 0.29) is 5.41 Å². The van der Waals surface area contributed by atoms with Crippen LogP contribution >= 0.6 is 11.3 Å². The van der Waals surface area contributed by atoms with Gasteiger partial charge in [0, 0.05) is 23.6 Å². The number of aromatic nitrogens is 1. The molecule has 0 aliphatic heterocycles. The first-order chi connectivity index (χ1) is 6.04. The van der Waals surface area contributed by atoms with E-state index in [1.807, 2.05) is 0 Å². The second-order valence-electron chi connectivity index (χ2n) is 4.05. The fourth-order valence-corrected chi connectivity index (χ4v) is 1.89. The second kappa shape index (κ2) is 3.89. The molecular weight excluding hydrogens is 180 g/mol. The summed E-state index contributed by atoms with van der Waals surface area (Å²) < 4.78 is 0. The Morgan fingerprint density at radius 1 is 1.54 bits per heavy atom. The predicted molar refractivity (Wildman–Crippen MR) is 54.7 cm³/mol. The SMILES string of the molecule is CC(C)(C)c1nc(CCC#N)cs1. The first-order valence-electron chi connectivity index (χ1n) is 4.36.